The maximum Gasteiger partial charge on any atom is 0.320 e. The average molecular weight is 253 g/mol. The van der Waals surface area contributed by atoms with Gasteiger partial charge in [0.15, 0.2) is 0 Å². The zero-order valence-corrected chi connectivity index (χ0v) is 9.55. The molecule has 5 N–H and O–H groups in total. The lowest BCUT2D eigenvalue weighted by Gasteiger charge is -2.06. The van der Waals surface area contributed by atoms with Crippen molar-refractivity contribution in [2.45, 2.75) is 12.5 Å². The summed E-state index contributed by atoms with van der Waals surface area (Å²) in [7, 11) is 0. The maximum atomic E-state index is 10.4. The molecule has 4 nitrogen and oxygen atoms in total. The second kappa shape index (κ2) is 7.34. The molecule has 0 saturated heterocycles. The predicted octanol–water partition coefficient (Wildman–Crippen LogP) is 1.07. The summed E-state index contributed by atoms with van der Waals surface area (Å²) in [4.78, 5) is 10.4. The highest BCUT2D eigenvalue weighted by molar-refractivity contribution is 5.85. The van der Waals surface area contributed by atoms with Crippen LogP contribution in [0.1, 0.15) is 5.56 Å². The Morgan fingerprint density at radius 2 is 2.00 bits per heavy atom. The number of carbonyl (C=O) groups is 1. The third kappa shape index (κ3) is 5.47. The molecule has 0 radical (unpaired) electrons. The molecule has 0 spiro atoms. The number of hydrogen-bond acceptors (Lipinski definition) is 3. The number of carboxylic acid groups (broad SMARTS) is 1. The lowest BCUT2D eigenvalue weighted by molar-refractivity contribution is -0.138. The van der Waals surface area contributed by atoms with Gasteiger partial charge in [-0.2, -0.15) is 0 Å². The van der Waals surface area contributed by atoms with E-state index in [2.05, 4.69) is 0 Å². The Bertz CT molecular complexity index is 321. The first-order chi connectivity index (χ1) is 6.09. The molecule has 0 aromatic heterocycles. The van der Waals surface area contributed by atoms with Gasteiger partial charge < -0.3 is 16.6 Å². The summed E-state index contributed by atoms with van der Waals surface area (Å²) < 4.78 is 0. The lowest BCUT2D eigenvalue weighted by atomic mass is 10.1. The first-order valence-electron chi connectivity index (χ1n) is 3.92. The molecule has 0 aliphatic heterocycles. The van der Waals surface area contributed by atoms with E-state index in [0.717, 1.165) is 5.56 Å². The molecule has 1 rings (SSSR count). The summed E-state index contributed by atoms with van der Waals surface area (Å²) in [6.45, 7) is 0. The molecule has 0 fully saturated rings. The highest BCUT2D eigenvalue weighted by Crippen LogP contribution is 2.08. The Hall–Kier alpha value is -0.970. The van der Waals surface area contributed by atoms with Gasteiger partial charge in [-0.3, -0.25) is 4.79 Å². The van der Waals surface area contributed by atoms with E-state index in [1.54, 1.807) is 24.3 Å². The fourth-order valence-electron chi connectivity index (χ4n) is 1.06. The van der Waals surface area contributed by atoms with Crippen LogP contribution >= 0.6 is 24.8 Å². The number of nitrogen functional groups attached to an aromatic ring is 1. The number of rotatable bonds is 3. The van der Waals surface area contributed by atoms with E-state index < -0.39 is 12.0 Å². The lowest BCUT2D eigenvalue weighted by Crippen LogP contribution is -2.32. The number of halogens is 2. The maximum absolute atomic E-state index is 10.4. The Morgan fingerprint density at radius 3 is 2.47 bits per heavy atom. The second-order valence-corrected chi connectivity index (χ2v) is 2.89. The summed E-state index contributed by atoms with van der Waals surface area (Å²) >= 11 is 0. The monoisotopic (exact) mass is 252 g/mol. The van der Waals surface area contributed by atoms with Gasteiger partial charge in [0.05, 0.1) is 0 Å². The molecule has 0 aliphatic carbocycles. The number of carboxylic acids is 1. The minimum Gasteiger partial charge on any atom is -0.480 e. The van der Waals surface area contributed by atoms with Crippen molar-refractivity contribution in [2.24, 2.45) is 5.73 Å². The van der Waals surface area contributed by atoms with Crippen molar-refractivity contribution >= 4 is 36.5 Å². The number of anilines is 1. The average Bonchev–Trinajstić information content (AvgIpc) is 2.04. The van der Waals surface area contributed by atoms with Gasteiger partial charge in [-0.05, 0) is 24.1 Å². The SMILES string of the molecule is Cl.Cl.Nc1cccc(C[C@H](N)C(=O)O)c1. The molecule has 0 bridgehead atoms. The third-order valence-corrected chi connectivity index (χ3v) is 1.72. The molecule has 0 amide bonds. The van der Waals surface area contributed by atoms with Gasteiger partial charge in [0.2, 0.25) is 0 Å². The van der Waals surface area contributed by atoms with Crippen LogP contribution in [0.15, 0.2) is 24.3 Å². The fourth-order valence-corrected chi connectivity index (χ4v) is 1.06. The van der Waals surface area contributed by atoms with E-state index in [1.165, 1.54) is 0 Å². The molecular formula is C9H14Cl2N2O2. The van der Waals surface area contributed by atoms with Crippen molar-refractivity contribution in [1.82, 2.24) is 0 Å². The molecular weight excluding hydrogens is 239 g/mol. The highest BCUT2D eigenvalue weighted by atomic mass is 35.5. The van der Waals surface area contributed by atoms with Crippen LogP contribution in [0.4, 0.5) is 5.69 Å². The third-order valence-electron chi connectivity index (χ3n) is 1.72. The van der Waals surface area contributed by atoms with Crippen molar-refractivity contribution in [3.05, 3.63) is 29.8 Å². The van der Waals surface area contributed by atoms with Crippen molar-refractivity contribution < 1.29 is 9.90 Å². The van der Waals surface area contributed by atoms with E-state index >= 15 is 0 Å². The smallest absolute Gasteiger partial charge is 0.320 e. The van der Waals surface area contributed by atoms with E-state index in [1.807, 2.05) is 0 Å². The van der Waals surface area contributed by atoms with Crippen LogP contribution in [-0.2, 0) is 11.2 Å². The fraction of sp³-hybridized carbons (Fsp3) is 0.222. The second-order valence-electron chi connectivity index (χ2n) is 2.89. The van der Waals surface area contributed by atoms with Crippen molar-refractivity contribution in [2.75, 3.05) is 5.73 Å². The minimum absolute atomic E-state index is 0. The normalized spacial score (nSPS) is 10.7. The Balaban J connectivity index is 0. The quantitative estimate of drug-likeness (QED) is 0.703. The Morgan fingerprint density at radius 1 is 1.40 bits per heavy atom. The van der Waals surface area contributed by atoms with Crippen molar-refractivity contribution in [3.63, 3.8) is 0 Å². The van der Waals surface area contributed by atoms with Crippen molar-refractivity contribution in [3.8, 4) is 0 Å². The molecule has 15 heavy (non-hydrogen) atoms. The molecule has 1 atom stereocenters. The van der Waals surface area contributed by atoms with Gasteiger partial charge in [-0.15, -0.1) is 24.8 Å². The van der Waals surface area contributed by atoms with Gasteiger partial charge in [0, 0.05) is 5.69 Å². The molecule has 1 aromatic rings. The molecule has 86 valence electrons. The van der Waals surface area contributed by atoms with Crippen LogP contribution in [0.5, 0.6) is 0 Å². The summed E-state index contributed by atoms with van der Waals surface area (Å²) in [5.74, 6) is -0.998. The van der Waals surface area contributed by atoms with Gasteiger partial charge in [-0.25, -0.2) is 0 Å². The van der Waals surface area contributed by atoms with Gasteiger partial charge >= 0.3 is 5.97 Å². The van der Waals surface area contributed by atoms with E-state index in [0.29, 0.717) is 12.1 Å². The Kier molecular flexibility index (Phi) is 8.05. The first kappa shape index (κ1) is 16.5. The molecule has 0 unspecified atom stereocenters. The van der Waals surface area contributed by atoms with Crippen LogP contribution in [0.2, 0.25) is 0 Å². The summed E-state index contributed by atoms with van der Waals surface area (Å²) in [6.07, 6.45) is 0.306. The zero-order valence-electron chi connectivity index (χ0n) is 7.92. The molecule has 0 aliphatic rings. The van der Waals surface area contributed by atoms with E-state index in [-0.39, 0.29) is 24.8 Å². The number of hydrogen-bond donors (Lipinski definition) is 3. The minimum atomic E-state index is -0.998. The first-order valence-corrected chi connectivity index (χ1v) is 3.92. The molecule has 1 aromatic carbocycles. The highest BCUT2D eigenvalue weighted by Gasteiger charge is 2.11. The van der Waals surface area contributed by atoms with Crippen LogP contribution in [0.3, 0.4) is 0 Å². The number of aliphatic carboxylic acids is 1. The van der Waals surface area contributed by atoms with Gasteiger partial charge in [0.25, 0.3) is 0 Å². The zero-order chi connectivity index (χ0) is 9.84. The van der Waals surface area contributed by atoms with Crippen molar-refractivity contribution in [1.29, 1.82) is 0 Å². The van der Waals surface area contributed by atoms with Crippen LogP contribution in [0.25, 0.3) is 0 Å². The summed E-state index contributed by atoms with van der Waals surface area (Å²) in [6, 6.07) is 6.19. The topological polar surface area (TPSA) is 89.3 Å². The summed E-state index contributed by atoms with van der Waals surface area (Å²) in [5, 5.41) is 8.56. The number of nitrogens with two attached hydrogens (primary N) is 2. The van der Waals surface area contributed by atoms with E-state index in [9.17, 15) is 4.79 Å². The van der Waals surface area contributed by atoms with Gasteiger partial charge in [-0.1, -0.05) is 12.1 Å². The predicted molar refractivity (Wildman–Crippen MR) is 64.7 cm³/mol. The largest absolute Gasteiger partial charge is 0.480 e. The van der Waals surface area contributed by atoms with E-state index in [4.69, 9.17) is 16.6 Å². The van der Waals surface area contributed by atoms with Crippen LogP contribution in [0, 0.1) is 0 Å². The Labute approximate surface area is 100 Å². The number of benzene rings is 1. The van der Waals surface area contributed by atoms with Gasteiger partial charge in [0.1, 0.15) is 6.04 Å². The standard InChI is InChI=1S/C9H12N2O2.2ClH/c10-7-3-1-2-6(4-7)5-8(11)9(12)13;;/h1-4,8H,5,10-11H2,(H,12,13);2*1H/t8-;;/m0../s1. The van der Waals surface area contributed by atoms with Crippen LogP contribution in [-0.4, -0.2) is 17.1 Å². The summed E-state index contributed by atoms with van der Waals surface area (Å²) in [5.41, 5.74) is 12.3. The molecule has 0 heterocycles. The molecule has 0 saturated carbocycles. The van der Waals surface area contributed by atoms with Crippen LogP contribution < -0.4 is 11.5 Å². The molecule has 6 heteroatoms.